The van der Waals surface area contributed by atoms with Crippen molar-refractivity contribution in [1.29, 1.82) is 0 Å². The Labute approximate surface area is 121 Å². The third-order valence-corrected chi connectivity index (χ3v) is 2.71. The molecule has 6 heteroatoms. The zero-order valence-electron chi connectivity index (χ0n) is 11.3. The Balaban J connectivity index is 2.02. The van der Waals surface area contributed by atoms with Crippen molar-refractivity contribution in [3.05, 3.63) is 53.6 Å². The summed E-state index contributed by atoms with van der Waals surface area (Å²) in [5.74, 6) is 0.0508. The number of carbonyl (C=O) groups excluding carboxylic acids is 1. The number of methoxy groups -OCH3 is 1. The molecule has 0 bridgehead atoms. The van der Waals surface area contributed by atoms with Gasteiger partial charge in [-0.15, -0.1) is 0 Å². The van der Waals surface area contributed by atoms with Crippen LogP contribution in [0, 0.1) is 0 Å². The minimum absolute atomic E-state index is 0.0304. The van der Waals surface area contributed by atoms with Gasteiger partial charge in [0.25, 0.3) is 5.91 Å². The lowest BCUT2D eigenvalue weighted by molar-refractivity contribution is 0.0955. The molecule has 0 unspecified atom stereocenters. The van der Waals surface area contributed by atoms with Crippen molar-refractivity contribution in [3.63, 3.8) is 0 Å². The van der Waals surface area contributed by atoms with Crippen molar-refractivity contribution in [1.82, 2.24) is 5.43 Å². The molecule has 21 heavy (non-hydrogen) atoms. The maximum Gasteiger partial charge on any atom is 0.271 e. The lowest BCUT2D eigenvalue weighted by Crippen LogP contribution is -2.17. The van der Waals surface area contributed by atoms with Crippen molar-refractivity contribution in [2.45, 2.75) is 0 Å². The fourth-order valence-corrected chi connectivity index (χ4v) is 1.62. The first-order chi connectivity index (χ1) is 10.1. The van der Waals surface area contributed by atoms with Gasteiger partial charge in [0.05, 0.1) is 13.3 Å². The van der Waals surface area contributed by atoms with Crippen LogP contribution in [-0.4, -0.2) is 29.4 Å². The van der Waals surface area contributed by atoms with Crippen molar-refractivity contribution in [3.8, 4) is 17.2 Å². The number of nitrogens with zero attached hydrogens (tertiary/aromatic N) is 1. The number of benzene rings is 2. The molecular formula is C15H14N2O4. The van der Waals surface area contributed by atoms with E-state index in [0.29, 0.717) is 16.9 Å². The second-order valence-electron chi connectivity index (χ2n) is 4.18. The van der Waals surface area contributed by atoms with E-state index < -0.39 is 5.91 Å². The number of rotatable bonds is 4. The minimum Gasteiger partial charge on any atom is -0.508 e. The molecule has 2 rings (SSSR count). The zero-order valence-corrected chi connectivity index (χ0v) is 11.3. The van der Waals surface area contributed by atoms with Gasteiger partial charge in [0.1, 0.15) is 5.75 Å². The van der Waals surface area contributed by atoms with Crippen LogP contribution in [0.3, 0.4) is 0 Å². The first kappa shape index (κ1) is 14.4. The molecule has 0 atom stereocenters. The van der Waals surface area contributed by atoms with Gasteiger partial charge in [-0.25, -0.2) is 5.43 Å². The number of aromatic hydroxyl groups is 2. The highest BCUT2D eigenvalue weighted by Gasteiger charge is 2.04. The van der Waals surface area contributed by atoms with Crippen LogP contribution in [0.2, 0.25) is 0 Å². The van der Waals surface area contributed by atoms with Crippen LogP contribution in [0.25, 0.3) is 0 Å². The number of ether oxygens (including phenoxy) is 1. The first-order valence-electron chi connectivity index (χ1n) is 6.09. The maximum atomic E-state index is 11.8. The van der Waals surface area contributed by atoms with Crippen LogP contribution in [0.4, 0.5) is 0 Å². The molecule has 0 saturated carbocycles. The molecule has 2 aromatic carbocycles. The summed E-state index contributed by atoms with van der Waals surface area (Å²) in [7, 11) is 1.45. The zero-order chi connectivity index (χ0) is 15.2. The van der Waals surface area contributed by atoms with Gasteiger partial charge in [-0.2, -0.15) is 5.10 Å². The summed E-state index contributed by atoms with van der Waals surface area (Å²) in [6.07, 6.45) is 1.43. The van der Waals surface area contributed by atoms with Gasteiger partial charge < -0.3 is 14.9 Å². The summed E-state index contributed by atoms with van der Waals surface area (Å²) in [5, 5.41) is 22.4. The number of amides is 1. The Morgan fingerprint density at radius 3 is 2.57 bits per heavy atom. The molecule has 2 aromatic rings. The number of nitrogens with one attached hydrogen (secondary N) is 1. The van der Waals surface area contributed by atoms with E-state index in [1.165, 1.54) is 43.7 Å². The quantitative estimate of drug-likeness (QED) is 0.591. The monoisotopic (exact) mass is 286 g/mol. The predicted octanol–water partition coefficient (Wildman–Crippen LogP) is 1.87. The second-order valence-corrected chi connectivity index (χ2v) is 4.18. The second kappa shape index (κ2) is 6.42. The van der Waals surface area contributed by atoms with E-state index in [1.807, 2.05) is 0 Å². The normalized spacial score (nSPS) is 10.5. The van der Waals surface area contributed by atoms with E-state index in [9.17, 15) is 9.90 Å². The summed E-state index contributed by atoms with van der Waals surface area (Å²) in [5.41, 5.74) is 3.41. The SMILES string of the molecule is COc1cc(C=NNC(=O)c2ccc(O)cc2)ccc1O. The smallest absolute Gasteiger partial charge is 0.271 e. The van der Waals surface area contributed by atoms with Crippen LogP contribution in [-0.2, 0) is 0 Å². The minimum atomic E-state index is -0.392. The number of carbonyl (C=O) groups is 1. The summed E-state index contributed by atoms with van der Waals surface area (Å²) in [4.78, 5) is 11.8. The Morgan fingerprint density at radius 2 is 1.90 bits per heavy atom. The molecule has 6 nitrogen and oxygen atoms in total. The highest BCUT2D eigenvalue weighted by molar-refractivity contribution is 5.95. The van der Waals surface area contributed by atoms with E-state index in [2.05, 4.69) is 10.5 Å². The van der Waals surface area contributed by atoms with Crippen molar-refractivity contribution < 1.29 is 19.7 Å². The molecule has 0 fully saturated rings. The van der Waals surface area contributed by atoms with Gasteiger partial charge in [0.15, 0.2) is 11.5 Å². The Bertz CT molecular complexity index is 666. The first-order valence-corrected chi connectivity index (χ1v) is 6.09. The lowest BCUT2D eigenvalue weighted by Gasteiger charge is -2.03. The molecule has 0 heterocycles. The molecular weight excluding hydrogens is 272 g/mol. The molecule has 0 aliphatic carbocycles. The maximum absolute atomic E-state index is 11.8. The number of hydrogen-bond donors (Lipinski definition) is 3. The molecule has 0 aliphatic heterocycles. The third kappa shape index (κ3) is 3.73. The highest BCUT2D eigenvalue weighted by atomic mass is 16.5. The van der Waals surface area contributed by atoms with E-state index >= 15 is 0 Å². The Kier molecular flexibility index (Phi) is 4.40. The van der Waals surface area contributed by atoms with Crippen LogP contribution in [0.15, 0.2) is 47.6 Å². The average Bonchev–Trinajstić information content (AvgIpc) is 2.49. The molecule has 0 saturated heterocycles. The summed E-state index contributed by atoms with van der Waals surface area (Å²) < 4.78 is 4.97. The van der Waals surface area contributed by atoms with Gasteiger partial charge in [-0.05, 0) is 48.0 Å². The number of phenols is 2. The average molecular weight is 286 g/mol. The van der Waals surface area contributed by atoms with Gasteiger partial charge in [-0.1, -0.05) is 0 Å². The van der Waals surface area contributed by atoms with E-state index in [0.717, 1.165) is 0 Å². The van der Waals surface area contributed by atoms with E-state index in [4.69, 9.17) is 9.84 Å². The predicted molar refractivity (Wildman–Crippen MR) is 77.8 cm³/mol. The molecule has 108 valence electrons. The fourth-order valence-electron chi connectivity index (χ4n) is 1.62. The Hall–Kier alpha value is -3.02. The van der Waals surface area contributed by atoms with Crippen LogP contribution in [0.5, 0.6) is 17.2 Å². The van der Waals surface area contributed by atoms with Crippen LogP contribution in [0.1, 0.15) is 15.9 Å². The summed E-state index contributed by atoms with van der Waals surface area (Å²) >= 11 is 0. The van der Waals surface area contributed by atoms with Gasteiger partial charge in [0.2, 0.25) is 0 Å². The number of hydrogen-bond acceptors (Lipinski definition) is 5. The van der Waals surface area contributed by atoms with Crippen molar-refractivity contribution in [2.24, 2.45) is 5.10 Å². The van der Waals surface area contributed by atoms with Crippen LogP contribution < -0.4 is 10.2 Å². The van der Waals surface area contributed by atoms with Crippen molar-refractivity contribution >= 4 is 12.1 Å². The number of phenolic OH excluding ortho intramolecular Hbond substituents is 2. The topological polar surface area (TPSA) is 91.2 Å². The summed E-state index contributed by atoms with van der Waals surface area (Å²) in [6.45, 7) is 0. The fraction of sp³-hybridized carbons (Fsp3) is 0.0667. The summed E-state index contributed by atoms with van der Waals surface area (Å²) in [6, 6.07) is 10.5. The Morgan fingerprint density at radius 1 is 1.19 bits per heavy atom. The van der Waals surface area contributed by atoms with Gasteiger partial charge >= 0.3 is 0 Å². The highest BCUT2D eigenvalue weighted by Crippen LogP contribution is 2.25. The molecule has 0 aliphatic rings. The molecule has 3 N–H and O–H groups in total. The molecule has 0 spiro atoms. The largest absolute Gasteiger partial charge is 0.508 e. The lowest BCUT2D eigenvalue weighted by atomic mass is 10.2. The van der Waals surface area contributed by atoms with E-state index in [1.54, 1.807) is 12.1 Å². The van der Waals surface area contributed by atoms with Gasteiger partial charge in [0, 0.05) is 5.56 Å². The standard InChI is InChI=1S/C15H14N2O4/c1-21-14-8-10(2-7-13(14)19)9-16-17-15(20)11-3-5-12(18)6-4-11/h2-9,18-19H,1H3,(H,17,20). The molecule has 1 amide bonds. The van der Waals surface area contributed by atoms with E-state index in [-0.39, 0.29) is 11.5 Å². The van der Waals surface area contributed by atoms with Crippen LogP contribution >= 0.6 is 0 Å². The van der Waals surface area contributed by atoms with Crippen molar-refractivity contribution in [2.75, 3.05) is 7.11 Å². The number of hydrazone groups is 1. The molecule has 0 radical (unpaired) electrons. The molecule has 0 aromatic heterocycles. The van der Waals surface area contributed by atoms with Gasteiger partial charge in [-0.3, -0.25) is 4.79 Å². The third-order valence-electron chi connectivity index (χ3n) is 2.71.